The molecule has 31 heavy (non-hydrogen) atoms. The Morgan fingerprint density at radius 3 is 2.29 bits per heavy atom. The number of esters is 1. The minimum atomic E-state index is -0.920. The van der Waals surface area contributed by atoms with Crippen LogP contribution in [0, 0.1) is 20.8 Å². The summed E-state index contributed by atoms with van der Waals surface area (Å²) in [6.45, 7) is 7.40. The molecular weight excluding hydrogens is 398 g/mol. The average molecular weight is 423 g/mol. The average Bonchev–Trinajstić information content (AvgIpc) is 3.09. The zero-order valence-electron chi connectivity index (χ0n) is 18.2. The molecule has 162 valence electrons. The molecule has 3 rings (SSSR count). The van der Waals surface area contributed by atoms with Gasteiger partial charge in [-0.05, 0) is 45.9 Å². The molecule has 0 unspecified atom stereocenters. The molecule has 0 fully saturated rings. The van der Waals surface area contributed by atoms with Gasteiger partial charge in [-0.25, -0.2) is 4.79 Å². The fourth-order valence-electron chi connectivity index (χ4n) is 3.01. The maximum atomic E-state index is 12.6. The molecule has 1 atom stereocenters. The molecule has 7 heteroatoms. The SMILES string of the molecule is COc1cc(C(=O)O[C@H](C)C(=O)c2ccc(C)cc2)ccc1OCc1c(C)noc1C. The van der Waals surface area contributed by atoms with Crippen molar-refractivity contribution in [1.29, 1.82) is 0 Å². The Morgan fingerprint density at radius 1 is 1.00 bits per heavy atom. The summed E-state index contributed by atoms with van der Waals surface area (Å²) in [7, 11) is 1.48. The van der Waals surface area contributed by atoms with E-state index < -0.39 is 12.1 Å². The van der Waals surface area contributed by atoms with Gasteiger partial charge in [0.05, 0.1) is 23.9 Å². The Hall–Kier alpha value is -3.61. The van der Waals surface area contributed by atoms with E-state index in [1.165, 1.54) is 13.2 Å². The molecule has 2 aromatic carbocycles. The Bertz CT molecular complexity index is 1060. The minimum absolute atomic E-state index is 0.253. The van der Waals surface area contributed by atoms with Gasteiger partial charge in [0.2, 0.25) is 5.78 Å². The first-order valence-electron chi connectivity index (χ1n) is 9.84. The summed E-state index contributed by atoms with van der Waals surface area (Å²) in [5, 5.41) is 3.90. The third-order valence-corrected chi connectivity index (χ3v) is 4.94. The van der Waals surface area contributed by atoms with Gasteiger partial charge in [0.25, 0.3) is 0 Å². The molecule has 0 amide bonds. The topological polar surface area (TPSA) is 87.9 Å². The zero-order chi connectivity index (χ0) is 22.5. The highest BCUT2D eigenvalue weighted by Crippen LogP contribution is 2.30. The summed E-state index contributed by atoms with van der Waals surface area (Å²) < 4.78 is 21.7. The molecular formula is C24H25NO6. The van der Waals surface area contributed by atoms with E-state index >= 15 is 0 Å². The maximum absolute atomic E-state index is 12.6. The summed E-state index contributed by atoms with van der Waals surface area (Å²) in [6.07, 6.45) is -0.920. The van der Waals surface area contributed by atoms with E-state index in [0.717, 1.165) is 16.8 Å². The quantitative estimate of drug-likeness (QED) is 0.386. The smallest absolute Gasteiger partial charge is 0.338 e. The molecule has 0 N–H and O–H groups in total. The highest BCUT2D eigenvalue weighted by molar-refractivity contribution is 6.01. The van der Waals surface area contributed by atoms with Gasteiger partial charge in [0.15, 0.2) is 17.6 Å². The van der Waals surface area contributed by atoms with Gasteiger partial charge >= 0.3 is 5.97 Å². The van der Waals surface area contributed by atoms with Crippen LogP contribution in [-0.4, -0.2) is 30.1 Å². The highest BCUT2D eigenvalue weighted by Gasteiger charge is 2.21. The van der Waals surface area contributed by atoms with Crippen LogP contribution in [0.3, 0.4) is 0 Å². The van der Waals surface area contributed by atoms with E-state index in [4.69, 9.17) is 18.7 Å². The van der Waals surface area contributed by atoms with Crippen LogP contribution >= 0.6 is 0 Å². The number of Topliss-reactive ketones (excluding diaryl/α,β-unsaturated/α-hetero) is 1. The number of ether oxygens (including phenoxy) is 3. The third-order valence-electron chi connectivity index (χ3n) is 4.94. The molecule has 0 aliphatic rings. The predicted octanol–water partition coefficient (Wildman–Crippen LogP) is 4.62. The lowest BCUT2D eigenvalue weighted by Gasteiger charge is -2.14. The second kappa shape index (κ2) is 9.47. The van der Waals surface area contributed by atoms with Crippen molar-refractivity contribution < 1.29 is 28.3 Å². The Morgan fingerprint density at radius 2 is 1.68 bits per heavy atom. The van der Waals surface area contributed by atoms with E-state index in [1.54, 1.807) is 31.2 Å². The molecule has 0 aliphatic carbocycles. The lowest BCUT2D eigenvalue weighted by Crippen LogP contribution is -2.24. The lowest BCUT2D eigenvalue weighted by molar-refractivity contribution is 0.0318. The number of aromatic nitrogens is 1. The summed E-state index contributed by atoms with van der Waals surface area (Å²) in [4.78, 5) is 25.1. The third kappa shape index (κ3) is 5.12. The second-order valence-electron chi connectivity index (χ2n) is 7.23. The monoisotopic (exact) mass is 423 g/mol. The highest BCUT2D eigenvalue weighted by atomic mass is 16.5. The van der Waals surface area contributed by atoms with Crippen molar-refractivity contribution in [3.8, 4) is 11.5 Å². The van der Waals surface area contributed by atoms with Crippen LogP contribution < -0.4 is 9.47 Å². The number of hydrogen-bond donors (Lipinski definition) is 0. The summed E-state index contributed by atoms with van der Waals surface area (Å²) in [5.41, 5.74) is 3.40. The van der Waals surface area contributed by atoms with Crippen molar-refractivity contribution in [2.75, 3.05) is 7.11 Å². The number of hydrogen-bond acceptors (Lipinski definition) is 7. The molecule has 3 aromatic rings. The standard InChI is InChI=1S/C24H25NO6/c1-14-6-8-18(9-7-14)23(26)17(4)30-24(27)19-10-11-21(22(12-19)28-5)29-13-20-15(2)25-31-16(20)3/h6-12,17H,13H2,1-5H3/t17-/m1/s1. The maximum Gasteiger partial charge on any atom is 0.338 e. The zero-order valence-corrected chi connectivity index (χ0v) is 18.2. The number of rotatable bonds is 8. The second-order valence-corrected chi connectivity index (χ2v) is 7.23. The van der Waals surface area contributed by atoms with Gasteiger partial charge in [-0.2, -0.15) is 0 Å². The van der Waals surface area contributed by atoms with E-state index in [-0.39, 0.29) is 18.0 Å². The number of aryl methyl sites for hydroxylation is 3. The Labute approximate surface area is 180 Å². The van der Waals surface area contributed by atoms with Crippen molar-refractivity contribution in [2.24, 2.45) is 0 Å². The normalized spacial score (nSPS) is 11.6. The number of methoxy groups -OCH3 is 1. The molecule has 0 spiro atoms. The molecule has 0 saturated carbocycles. The number of benzene rings is 2. The Kier molecular flexibility index (Phi) is 6.74. The van der Waals surface area contributed by atoms with Crippen molar-refractivity contribution in [1.82, 2.24) is 5.16 Å². The van der Waals surface area contributed by atoms with E-state index in [9.17, 15) is 9.59 Å². The van der Waals surface area contributed by atoms with Crippen molar-refractivity contribution in [2.45, 2.75) is 40.4 Å². The number of carbonyl (C=O) groups is 2. The van der Waals surface area contributed by atoms with Crippen LogP contribution in [0.4, 0.5) is 0 Å². The van der Waals surface area contributed by atoms with E-state index in [1.807, 2.05) is 32.9 Å². The van der Waals surface area contributed by atoms with Gasteiger partial charge < -0.3 is 18.7 Å². The minimum Gasteiger partial charge on any atom is -0.493 e. The first-order chi connectivity index (χ1) is 14.8. The predicted molar refractivity (Wildman–Crippen MR) is 114 cm³/mol. The fourth-order valence-corrected chi connectivity index (χ4v) is 3.01. The van der Waals surface area contributed by atoms with Crippen LogP contribution in [0.25, 0.3) is 0 Å². The molecule has 0 aliphatic heterocycles. The van der Waals surface area contributed by atoms with Crippen LogP contribution in [0.1, 0.15) is 50.2 Å². The number of carbonyl (C=O) groups excluding carboxylic acids is 2. The van der Waals surface area contributed by atoms with Crippen molar-refractivity contribution >= 4 is 11.8 Å². The number of nitrogens with zero attached hydrogens (tertiary/aromatic N) is 1. The van der Waals surface area contributed by atoms with Gasteiger partial charge in [0.1, 0.15) is 12.4 Å². The summed E-state index contributed by atoms with van der Waals surface area (Å²) in [5.74, 6) is 0.633. The van der Waals surface area contributed by atoms with Crippen LogP contribution in [0.2, 0.25) is 0 Å². The van der Waals surface area contributed by atoms with Crippen molar-refractivity contribution in [3.63, 3.8) is 0 Å². The summed E-state index contributed by atoms with van der Waals surface area (Å²) in [6, 6.07) is 11.8. The molecule has 1 heterocycles. The van der Waals surface area contributed by atoms with Gasteiger partial charge in [-0.1, -0.05) is 35.0 Å². The summed E-state index contributed by atoms with van der Waals surface area (Å²) >= 11 is 0. The van der Waals surface area contributed by atoms with Crippen LogP contribution in [0.15, 0.2) is 47.0 Å². The Balaban J connectivity index is 1.68. The number of ketones is 1. The molecule has 7 nitrogen and oxygen atoms in total. The fraction of sp³-hybridized carbons (Fsp3) is 0.292. The largest absolute Gasteiger partial charge is 0.493 e. The molecule has 0 radical (unpaired) electrons. The van der Waals surface area contributed by atoms with Crippen molar-refractivity contribution in [3.05, 3.63) is 76.2 Å². The molecule has 1 aromatic heterocycles. The lowest BCUT2D eigenvalue weighted by atomic mass is 10.1. The molecule has 0 saturated heterocycles. The molecule has 0 bridgehead atoms. The van der Waals surface area contributed by atoms with E-state index in [2.05, 4.69) is 5.16 Å². The van der Waals surface area contributed by atoms with Gasteiger partial charge in [0, 0.05) is 5.56 Å². The van der Waals surface area contributed by atoms with Crippen LogP contribution in [-0.2, 0) is 11.3 Å². The van der Waals surface area contributed by atoms with Gasteiger partial charge in [-0.15, -0.1) is 0 Å². The first kappa shape index (κ1) is 22.1. The van der Waals surface area contributed by atoms with Crippen LogP contribution in [0.5, 0.6) is 11.5 Å². The van der Waals surface area contributed by atoms with Gasteiger partial charge in [-0.3, -0.25) is 4.79 Å². The van der Waals surface area contributed by atoms with E-state index in [0.29, 0.717) is 22.8 Å². The first-order valence-corrected chi connectivity index (χ1v) is 9.84.